The summed E-state index contributed by atoms with van der Waals surface area (Å²) in [7, 11) is 0. The highest BCUT2D eigenvalue weighted by Gasteiger charge is 2.47. The van der Waals surface area contributed by atoms with Crippen LogP contribution in [0.1, 0.15) is 54.4 Å². The molecule has 1 aliphatic rings. The second kappa shape index (κ2) is 7.19. The van der Waals surface area contributed by atoms with E-state index in [1.807, 2.05) is 13.8 Å². The Balaban J connectivity index is 2.64. The first-order valence-electron chi connectivity index (χ1n) is 8.10. The molecule has 0 saturated carbocycles. The van der Waals surface area contributed by atoms with Gasteiger partial charge in [0.15, 0.2) is 0 Å². The molecular formula is C16H28N4O4. The van der Waals surface area contributed by atoms with Gasteiger partial charge in [-0.25, -0.2) is 9.59 Å². The monoisotopic (exact) mass is 340 g/mol. The smallest absolute Gasteiger partial charge is 0.325 e. The summed E-state index contributed by atoms with van der Waals surface area (Å²) in [5, 5.41) is 7.33. The van der Waals surface area contributed by atoms with Gasteiger partial charge < -0.3 is 10.6 Å². The Labute approximate surface area is 142 Å². The summed E-state index contributed by atoms with van der Waals surface area (Å²) in [6.07, 6.45) is 1.27. The number of nitrogens with one attached hydrogen (secondary N) is 3. The fraction of sp³-hybridized carbons (Fsp3) is 0.750. The Morgan fingerprint density at radius 2 is 1.83 bits per heavy atom. The maximum Gasteiger partial charge on any atom is 0.325 e. The number of urea groups is 2. The van der Waals surface area contributed by atoms with Crippen LogP contribution < -0.4 is 16.0 Å². The second-order valence-corrected chi connectivity index (χ2v) is 7.84. The van der Waals surface area contributed by atoms with E-state index < -0.39 is 41.5 Å². The number of nitrogens with zero attached hydrogens (tertiary/aromatic N) is 1. The third-order valence-corrected chi connectivity index (χ3v) is 3.61. The van der Waals surface area contributed by atoms with Crippen LogP contribution in [-0.2, 0) is 9.59 Å². The van der Waals surface area contributed by atoms with Crippen molar-refractivity contribution in [2.45, 2.75) is 65.5 Å². The van der Waals surface area contributed by atoms with Crippen LogP contribution in [0.5, 0.6) is 0 Å². The molecule has 8 heteroatoms. The summed E-state index contributed by atoms with van der Waals surface area (Å²) in [6.45, 7) is 10.5. The third-order valence-electron chi connectivity index (χ3n) is 3.61. The standard InChI is InChI=1S/C16H28N4O4/c1-10(2)7-8-16(6)12(22)20(14(24)19-16)9-11(21)17-13(23)18-15(3,4)5/h10H,7-9H2,1-6H3,(H,19,24)(H2,17,18,21,23). The number of imide groups is 2. The molecule has 3 N–H and O–H groups in total. The van der Waals surface area contributed by atoms with Gasteiger partial charge in [0, 0.05) is 5.54 Å². The van der Waals surface area contributed by atoms with E-state index in [0.717, 1.165) is 11.3 Å². The first kappa shape index (κ1) is 19.9. The van der Waals surface area contributed by atoms with Gasteiger partial charge in [0.1, 0.15) is 12.1 Å². The second-order valence-electron chi connectivity index (χ2n) is 7.84. The number of hydrogen-bond donors (Lipinski definition) is 3. The van der Waals surface area contributed by atoms with E-state index in [2.05, 4.69) is 16.0 Å². The van der Waals surface area contributed by atoms with Crippen LogP contribution in [0.25, 0.3) is 0 Å². The lowest BCUT2D eigenvalue weighted by Crippen LogP contribution is -2.51. The molecular weight excluding hydrogens is 312 g/mol. The van der Waals surface area contributed by atoms with E-state index in [9.17, 15) is 19.2 Å². The molecule has 24 heavy (non-hydrogen) atoms. The van der Waals surface area contributed by atoms with Crippen molar-refractivity contribution in [3.05, 3.63) is 0 Å². The van der Waals surface area contributed by atoms with E-state index >= 15 is 0 Å². The minimum atomic E-state index is -1.00. The van der Waals surface area contributed by atoms with Gasteiger partial charge in [-0.2, -0.15) is 0 Å². The summed E-state index contributed by atoms with van der Waals surface area (Å²) in [4.78, 5) is 48.9. The van der Waals surface area contributed by atoms with Crippen molar-refractivity contribution in [2.75, 3.05) is 6.54 Å². The van der Waals surface area contributed by atoms with Crippen molar-refractivity contribution in [2.24, 2.45) is 5.92 Å². The van der Waals surface area contributed by atoms with Gasteiger partial charge in [-0.1, -0.05) is 13.8 Å². The first-order chi connectivity index (χ1) is 10.8. The zero-order chi connectivity index (χ0) is 18.7. The Hall–Kier alpha value is -2.12. The number of rotatable bonds is 5. The highest BCUT2D eigenvalue weighted by atomic mass is 16.2. The van der Waals surface area contributed by atoms with Crippen molar-refractivity contribution in [1.29, 1.82) is 0 Å². The molecule has 0 aliphatic carbocycles. The predicted molar refractivity (Wildman–Crippen MR) is 89.1 cm³/mol. The fourth-order valence-electron chi connectivity index (χ4n) is 2.32. The molecule has 0 spiro atoms. The largest absolute Gasteiger partial charge is 0.333 e. The summed E-state index contributed by atoms with van der Waals surface area (Å²) < 4.78 is 0. The summed E-state index contributed by atoms with van der Waals surface area (Å²) in [5.41, 5.74) is -1.50. The molecule has 1 heterocycles. The van der Waals surface area contributed by atoms with Gasteiger partial charge in [-0.3, -0.25) is 19.8 Å². The van der Waals surface area contributed by atoms with Crippen LogP contribution in [-0.4, -0.2) is 46.4 Å². The topological polar surface area (TPSA) is 108 Å². The molecule has 0 aromatic heterocycles. The number of amides is 6. The number of hydrogen-bond acceptors (Lipinski definition) is 4. The minimum absolute atomic E-state index is 0.393. The van der Waals surface area contributed by atoms with Gasteiger partial charge >= 0.3 is 12.1 Å². The maximum atomic E-state index is 12.5. The van der Waals surface area contributed by atoms with Crippen molar-refractivity contribution in [3.8, 4) is 0 Å². The highest BCUT2D eigenvalue weighted by Crippen LogP contribution is 2.24. The third kappa shape index (κ3) is 5.50. The Bertz CT molecular complexity index is 539. The van der Waals surface area contributed by atoms with Gasteiger partial charge in [-0.15, -0.1) is 0 Å². The van der Waals surface area contributed by atoms with Crippen molar-refractivity contribution < 1.29 is 19.2 Å². The lowest BCUT2D eigenvalue weighted by atomic mass is 9.92. The first-order valence-corrected chi connectivity index (χ1v) is 8.10. The van der Waals surface area contributed by atoms with Gasteiger partial charge in [0.25, 0.3) is 5.91 Å². The Morgan fingerprint density at radius 3 is 2.33 bits per heavy atom. The summed E-state index contributed by atoms with van der Waals surface area (Å²) >= 11 is 0. The Morgan fingerprint density at radius 1 is 1.25 bits per heavy atom. The molecule has 0 aromatic carbocycles. The average molecular weight is 340 g/mol. The van der Waals surface area contributed by atoms with E-state index in [0.29, 0.717) is 12.3 Å². The minimum Gasteiger partial charge on any atom is -0.333 e. The van der Waals surface area contributed by atoms with Crippen LogP contribution in [0.4, 0.5) is 9.59 Å². The van der Waals surface area contributed by atoms with Gasteiger partial charge in [-0.05, 0) is 46.5 Å². The molecule has 136 valence electrons. The maximum absolute atomic E-state index is 12.5. The zero-order valence-corrected chi connectivity index (χ0v) is 15.3. The Kier molecular flexibility index (Phi) is 5.97. The molecule has 1 fully saturated rings. The van der Waals surface area contributed by atoms with E-state index in [4.69, 9.17) is 0 Å². The molecule has 0 radical (unpaired) electrons. The lowest BCUT2D eigenvalue weighted by Gasteiger charge is -2.22. The molecule has 1 aliphatic heterocycles. The SMILES string of the molecule is CC(C)CCC1(C)NC(=O)N(CC(=O)NC(=O)NC(C)(C)C)C1=O. The van der Waals surface area contributed by atoms with E-state index in [1.165, 1.54) is 0 Å². The summed E-state index contributed by atoms with van der Waals surface area (Å²) in [5.74, 6) is -0.766. The zero-order valence-electron chi connectivity index (χ0n) is 15.3. The lowest BCUT2D eigenvalue weighted by molar-refractivity contribution is -0.134. The molecule has 0 bridgehead atoms. The number of carbonyl (C=O) groups excluding carboxylic acids is 4. The molecule has 6 amide bonds. The van der Waals surface area contributed by atoms with Crippen LogP contribution >= 0.6 is 0 Å². The average Bonchev–Trinajstić information content (AvgIpc) is 2.58. The fourth-order valence-corrected chi connectivity index (χ4v) is 2.32. The van der Waals surface area contributed by atoms with Crippen LogP contribution in [0.15, 0.2) is 0 Å². The summed E-state index contributed by atoms with van der Waals surface area (Å²) in [6, 6.07) is -1.28. The van der Waals surface area contributed by atoms with Gasteiger partial charge in [0.2, 0.25) is 5.91 Å². The molecule has 1 unspecified atom stereocenters. The van der Waals surface area contributed by atoms with Crippen LogP contribution in [0, 0.1) is 5.92 Å². The van der Waals surface area contributed by atoms with Crippen LogP contribution in [0.2, 0.25) is 0 Å². The number of carbonyl (C=O) groups is 4. The molecule has 1 saturated heterocycles. The highest BCUT2D eigenvalue weighted by molar-refractivity contribution is 6.09. The molecule has 1 atom stereocenters. The van der Waals surface area contributed by atoms with Crippen LogP contribution in [0.3, 0.4) is 0 Å². The molecule has 1 rings (SSSR count). The molecule has 8 nitrogen and oxygen atoms in total. The van der Waals surface area contributed by atoms with Crippen molar-refractivity contribution in [3.63, 3.8) is 0 Å². The van der Waals surface area contributed by atoms with E-state index in [-0.39, 0.29) is 0 Å². The predicted octanol–water partition coefficient (Wildman–Crippen LogP) is 1.36. The normalized spacial score (nSPS) is 21.0. The van der Waals surface area contributed by atoms with Crippen molar-refractivity contribution in [1.82, 2.24) is 20.9 Å². The van der Waals surface area contributed by atoms with Crippen molar-refractivity contribution >= 4 is 23.9 Å². The quantitative estimate of drug-likeness (QED) is 0.657. The molecule has 0 aromatic rings. The van der Waals surface area contributed by atoms with Gasteiger partial charge in [0.05, 0.1) is 0 Å². The van der Waals surface area contributed by atoms with E-state index in [1.54, 1.807) is 27.7 Å².